The first-order valence-electron chi connectivity index (χ1n) is 8.11. The van der Waals surface area contributed by atoms with E-state index >= 15 is 0 Å². The van der Waals surface area contributed by atoms with Gasteiger partial charge in [0.15, 0.2) is 0 Å². The van der Waals surface area contributed by atoms with Crippen molar-refractivity contribution in [3.63, 3.8) is 0 Å². The molecule has 2 amide bonds. The van der Waals surface area contributed by atoms with Gasteiger partial charge < -0.3 is 20.4 Å². The van der Waals surface area contributed by atoms with E-state index in [0.29, 0.717) is 29.4 Å². The average molecular weight is 408 g/mol. The maximum Gasteiger partial charge on any atom is 0.265 e. The van der Waals surface area contributed by atoms with E-state index in [1.165, 1.54) is 0 Å². The number of nitrogens with one attached hydrogen (secondary N) is 1. The second-order valence-corrected chi connectivity index (χ2v) is 6.52. The molecule has 0 aliphatic rings. The van der Waals surface area contributed by atoms with Gasteiger partial charge in [-0.1, -0.05) is 29.3 Å². The summed E-state index contributed by atoms with van der Waals surface area (Å²) in [7, 11) is 1.71. The van der Waals surface area contributed by atoms with Crippen LogP contribution in [0.25, 0.3) is 0 Å². The molecular weight excluding hydrogens is 386 g/mol. The van der Waals surface area contributed by atoms with Crippen LogP contribution in [-0.2, 0) is 13.5 Å². The third-order valence-corrected chi connectivity index (χ3v) is 4.29. The second-order valence-electron chi connectivity index (χ2n) is 5.60. The highest BCUT2D eigenvalue weighted by atomic mass is 79.9. The second kappa shape index (κ2) is 8.20. The van der Waals surface area contributed by atoms with Crippen LogP contribution in [-0.4, -0.2) is 23.0 Å². The van der Waals surface area contributed by atoms with Crippen LogP contribution in [0.1, 0.15) is 46.7 Å². The quantitative estimate of drug-likeness (QED) is 0.736. The molecule has 3 N–H and O–H groups in total. The lowest BCUT2D eigenvalue weighted by atomic mass is 10.1. The molecule has 2 rings (SSSR count). The van der Waals surface area contributed by atoms with E-state index in [0.717, 1.165) is 22.9 Å². The Morgan fingerprint density at radius 1 is 1.28 bits per heavy atom. The molecule has 7 heteroatoms. The Morgan fingerprint density at radius 3 is 2.60 bits per heavy atom. The Bertz CT molecular complexity index is 799. The topological polar surface area (TPSA) is 86.4 Å². The van der Waals surface area contributed by atoms with E-state index in [1.54, 1.807) is 29.8 Å². The average Bonchev–Trinajstić information content (AvgIpc) is 2.86. The van der Waals surface area contributed by atoms with Crippen molar-refractivity contribution < 1.29 is 14.3 Å². The van der Waals surface area contributed by atoms with Crippen molar-refractivity contribution in [2.75, 3.05) is 11.9 Å². The number of aromatic nitrogens is 1. The molecule has 2 aromatic rings. The highest BCUT2D eigenvalue weighted by molar-refractivity contribution is 9.10. The number of nitrogens with zero attached hydrogens (tertiary/aromatic N) is 1. The first kappa shape index (κ1) is 19.1. The molecule has 0 bridgehead atoms. The van der Waals surface area contributed by atoms with Crippen LogP contribution in [0.5, 0.6) is 5.75 Å². The normalized spacial score (nSPS) is 10.6. The van der Waals surface area contributed by atoms with E-state index in [2.05, 4.69) is 21.2 Å². The van der Waals surface area contributed by atoms with Gasteiger partial charge in [-0.15, -0.1) is 0 Å². The van der Waals surface area contributed by atoms with E-state index < -0.39 is 5.91 Å². The van der Waals surface area contributed by atoms with Crippen LogP contribution < -0.4 is 15.8 Å². The predicted molar refractivity (Wildman–Crippen MR) is 101 cm³/mol. The van der Waals surface area contributed by atoms with Crippen molar-refractivity contribution in [2.45, 2.75) is 26.7 Å². The number of nitrogens with two attached hydrogens (primary N) is 1. The zero-order chi connectivity index (χ0) is 18.6. The summed E-state index contributed by atoms with van der Waals surface area (Å²) in [5.74, 6) is 0.241. The van der Waals surface area contributed by atoms with Crippen molar-refractivity contribution in [2.24, 2.45) is 12.8 Å². The number of rotatable bonds is 7. The third kappa shape index (κ3) is 4.22. The van der Waals surface area contributed by atoms with Crippen LogP contribution in [0.4, 0.5) is 5.82 Å². The van der Waals surface area contributed by atoms with Crippen molar-refractivity contribution >= 4 is 33.6 Å². The SMILES string of the molecule is CCCc1cc(C(N)=O)n(C)c1NC(=O)c1cc(Br)ccc1OCC. The number of ether oxygens (including phenoxy) is 1. The van der Waals surface area contributed by atoms with Gasteiger partial charge in [-0.05, 0) is 43.2 Å². The van der Waals surface area contributed by atoms with Gasteiger partial charge in [-0.3, -0.25) is 9.59 Å². The predicted octanol–water partition coefficient (Wildman–Crippen LogP) is 3.49. The fourth-order valence-electron chi connectivity index (χ4n) is 2.66. The molecule has 0 saturated heterocycles. The van der Waals surface area contributed by atoms with Crippen LogP contribution in [0.3, 0.4) is 0 Å². The minimum Gasteiger partial charge on any atom is -0.493 e. The third-order valence-electron chi connectivity index (χ3n) is 3.80. The van der Waals surface area contributed by atoms with Crippen molar-refractivity contribution in [3.05, 3.63) is 45.6 Å². The number of primary amides is 1. The smallest absolute Gasteiger partial charge is 0.265 e. The lowest BCUT2D eigenvalue weighted by Crippen LogP contribution is -2.19. The number of hydrogen-bond acceptors (Lipinski definition) is 3. The highest BCUT2D eigenvalue weighted by Crippen LogP contribution is 2.27. The molecule has 0 unspecified atom stereocenters. The lowest BCUT2D eigenvalue weighted by molar-refractivity contribution is 0.0987. The number of halogens is 1. The molecular formula is C18H22BrN3O3. The Hall–Kier alpha value is -2.28. The van der Waals surface area contributed by atoms with Gasteiger partial charge in [0.05, 0.1) is 12.2 Å². The summed E-state index contributed by atoms with van der Waals surface area (Å²) in [6.07, 6.45) is 1.61. The molecule has 0 aliphatic carbocycles. The van der Waals surface area contributed by atoms with Crippen LogP contribution in [0, 0.1) is 0 Å². The maximum absolute atomic E-state index is 12.8. The molecule has 0 spiro atoms. The van der Waals surface area contributed by atoms with Gasteiger partial charge >= 0.3 is 0 Å². The van der Waals surface area contributed by atoms with Crippen molar-refractivity contribution in [1.29, 1.82) is 0 Å². The molecule has 0 atom stereocenters. The van der Waals surface area contributed by atoms with E-state index in [9.17, 15) is 9.59 Å². The first-order chi connectivity index (χ1) is 11.9. The summed E-state index contributed by atoms with van der Waals surface area (Å²) in [4.78, 5) is 24.4. The van der Waals surface area contributed by atoms with Gasteiger partial charge in [0.25, 0.3) is 11.8 Å². The summed E-state index contributed by atoms with van der Waals surface area (Å²) in [5.41, 5.74) is 7.07. The van der Waals surface area contributed by atoms with E-state index in [-0.39, 0.29) is 5.91 Å². The van der Waals surface area contributed by atoms with Gasteiger partial charge in [0.2, 0.25) is 0 Å². The zero-order valence-corrected chi connectivity index (χ0v) is 16.1. The molecule has 1 aromatic heterocycles. The van der Waals surface area contributed by atoms with Crippen LogP contribution in [0.15, 0.2) is 28.7 Å². The minimum absolute atomic E-state index is 0.306. The fourth-order valence-corrected chi connectivity index (χ4v) is 3.02. The molecule has 1 heterocycles. The highest BCUT2D eigenvalue weighted by Gasteiger charge is 2.20. The summed E-state index contributed by atoms with van der Waals surface area (Å²) in [6.45, 7) is 4.35. The Labute approximate surface area is 155 Å². The summed E-state index contributed by atoms with van der Waals surface area (Å²) in [6, 6.07) is 7.00. The van der Waals surface area contributed by atoms with Gasteiger partial charge in [0.1, 0.15) is 17.3 Å². The van der Waals surface area contributed by atoms with Crippen molar-refractivity contribution in [3.8, 4) is 5.75 Å². The summed E-state index contributed by atoms with van der Waals surface area (Å²) >= 11 is 3.38. The standard InChI is InChI=1S/C18H22BrN3O3/c1-4-6-11-9-14(16(20)23)22(3)17(11)21-18(24)13-10-12(19)7-8-15(13)25-5-2/h7-10H,4-6H2,1-3H3,(H2,20,23)(H,21,24). The Kier molecular flexibility index (Phi) is 6.25. The van der Waals surface area contributed by atoms with Gasteiger partial charge in [-0.25, -0.2) is 0 Å². The first-order valence-corrected chi connectivity index (χ1v) is 8.90. The fraction of sp³-hybridized carbons (Fsp3) is 0.333. The number of anilines is 1. The molecule has 6 nitrogen and oxygen atoms in total. The zero-order valence-electron chi connectivity index (χ0n) is 14.6. The Morgan fingerprint density at radius 2 is 2.00 bits per heavy atom. The van der Waals surface area contributed by atoms with Crippen molar-refractivity contribution in [1.82, 2.24) is 4.57 Å². The molecule has 134 valence electrons. The lowest BCUT2D eigenvalue weighted by Gasteiger charge is -2.13. The largest absolute Gasteiger partial charge is 0.493 e. The Balaban J connectivity index is 2.41. The molecule has 25 heavy (non-hydrogen) atoms. The number of aryl methyl sites for hydroxylation is 1. The number of carbonyl (C=O) groups is 2. The molecule has 0 aliphatic heterocycles. The van der Waals surface area contributed by atoms with E-state index in [4.69, 9.17) is 10.5 Å². The maximum atomic E-state index is 12.8. The molecule has 1 aromatic carbocycles. The summed E-state index contributed by atoms with van der Waals surface area (Å²) < 4.78 is 7.93. The number of hydrogen-bond donors (Lipinski definition) is 2. The van der Waals surface area contributed by atoms with E-state index in [1.807, 2.05) is 19.9 Å². The molecule has 0 radical (unpaired) electrons. The monoisotopic (exact) mass is 407 g/mol. The number of benzene rings is 1. The minimum atomic E-state index is -0.530. The van der Waals surface area contributed by atoms with Crippen LogP contribution >= 0.6 is 15.9 Å². The number of amides is 2. The molecule has 0 fully saturated rings. The van der Waals surface area contributed by atoms with Gasteiger partial charge in [0, 0.05) is 11.5 Å². The van der Waals surface area contributed by atoms with Crippen LogP contribution in [0.2, 0.25) is 0 Å². The van der Waals surface area contributed by atoms with Gasteiger partial charge in [-0.2, -0.15) is 0 Å². The summed E-state index contributed by atoms with van der Waals surface area (Å²) in [5, 5.41) is 2.90. The molecule has 0 saturated carbocycles. The number of carbonyl (C=O) groups excluding carboxylic acids is 2.